The maximum absolute atomic E-state index is 11.9. The Labute approximate surface area is 97.0 Å². The van der Waals surface area contributed by atoms with Crippen LogP contribution in [0.3, 0.4) is 0 Å². The predicted molar refractivity (Wildman–Crippen MR) is 62.3 cm³/mol. The molecule has 0 unspecified atom stereocenters. The van der Waals surface area contributed by atoms with Crippen molar-refractivity contribution in [3.8, 4) is 0 Å². The van der Waals surface area contributed by atoms with E-state index < -0.39 is 5.97 Å². The molecule has 0 aromatic heterocycles. The number of carbonyl (C=O) groups is 2. The van der Waals surface area contributed by atoms with E-state index in [2.05, 4.69) is 0 Å². The van der Waals surface area contributed by atoms with Gasteiger partial charge in [-0.3, -0.25) is 14.5 Å². The average molecular weight is 230 g/mol. The Hall–Kier alpha value is -1.10. The molecule has 0 spiro atoms. The summed E-state index contributed by atoms with van der Waals surface area (Å²) in [5, 5.41) is 8.72. The van der Waals surface area contributed by atoms with Gasteiger partial charge in [-0.2, -0.15) is 0 Å². The number of amides is 1. The lowest BCUT2D eigenvalue weighted by Gasteiger charge is -2.27. The first-order valence-corrected chi connectivity index (χ1v) is 5.65. The van der Waals surface area contributed by atoms with Crippen LogP contribution in [0.1, 0.15) is 27.7 Å². The maximum atomic E-state index is 11.9. The van der Waals surface area contributed by atoms with Gasteiger partial charge in [0.1, 0.15) is 6.54 Å². The zero-order valence-corrected chi connectivity index (χ0v) is 10.6. The molecule has 16 heavy (non-hydrogen) atoms. The smallest absolute Gasteiger partial charge is 0.323 e. The minimum Gasteiger partial charge on any atom is -0.480 e. The first-order valence-electron chi connectivity index (χ1n) is 5.65. The Kier molecular flexibility index (Phi) is 6.72. The summed E-state index contributed by atoms with van der Waals surface area (Å²) in [5.41, 5.74) is 0. The van der Waals surface area contributed by atoms with E-state index in [1.54, 1.807) is 0 Å². The summed E-state index contributed by atoms with van der Waals surface area (Å²) in [5.74, 6) is -1.09. The van der Waals surface area contributed by atoms with Gasteiger partial charge in [0.15, 0.2) is 0 Å². The van der Waals surface area contributed by atoms with E-state index in [1.165, 1.54) is 4.90 Å². The van der Waals surface area contributed by atoms with Gasteiger partial charge in [0.2, 0.25) is 5.91 Å². The highest BCUT2D eigenvalue weighted by Gasteiger charge is 2.20. The molecule has 1 N–H and O–H groups in total. The van der Waals surface area contributed by atoms with Crippen molar-refractivity contribution in [2.45, 2.75) is 33.7 Å². The van der Waals surface area contributed by atoms with E-state index >= 15 is 0 Å². The van der Waals surface area contributed by atoms with Crippen molar-refractivity contribution < 1.29 is 14.7 Å². The lowest BCUT2D eigenvalue weighted by molar-refractivity contribution is -0.146. The molecule has 0 saturated carbocycles. The molecule has 1 amide bonds. The van der Waals surface area contributed by atoms with E-state index in [4.69, 9.17) is 5.11 Å². The third-order valence-corrected chi connectivity index (χ3v) is 2.50. The second-order valence-corrected chi connectivity index (χ2v) is 3.97. The average Bonchev–Trinajstić information content (AvgIpc) is 2.21. The third-order valence-electron chi connectivity index (χ3n) is 2.50. The van der Waals surface area contributed by atoms with E-state index in [9.17, 15) is 9.59 Å². The molecule has 0 fully saturated rings. The van der Waals surface area contributed by atoms with Crippen LogP contribution >= 0.6 is 0 Å². The van der Waals surface area contributed by atoms with Crippen LogP contribution in [-0.2, 0) is 9.59 Å². The number of carboxylic acids is 1. The minimum absolute atomic E-state index is 0.0841. The van der Waals surface area contributed by atoms with Gasteiger partial charge in [-0.15, -0.1) is 0 Å². The number of nitrogens with zero attached hydrogens (tertiary/aromatic N) is 2. The van der Waals surface area contributed by atoms with Crippen LogP contribution in [0.5, 0.6) is 0 Å². The molecule has 0 aromatic rings. The highest BCUT2D eigenvalue weighted by molar-refractivity contribution is 5.83. The molecule has 5 nitrogen and oxygen atoms in total. The van der Waals surface area contributed by atoms with Gasteiger partial charge in [0.25, 0.3) is 0 Å². The second kappa shape index (κ2) is 7.22. The molecule has 0 rings (SSSR count). The molecular weight excluding hydrogens is 208 g/mol. The quantitative estimate of drug-likeness (QED) is 0.697. The second-order valence-electron chi connectivity index (χ2n) is 3.97. The van der Waals surface area contributed by atoms with Crippen molar-refractivity contribution in [1.82, 2.24) is 9.80 Å². The summed E-state index contributed by atoms with van der Waals surface area (Å²) < 4.78 is 0. The molecule has 94 valence electrons. The fourth-order valence-corrected chi connectivity index (χ4v) is 1.43. The molecule has 0 aliphatic rings. The van der Waals surface area contributed by atoms with Crippen LogP contribution in [-0.4, -0.2) is 59.0 Å². The summed E-state index contributed by atoms with van der Waals surface area (Å²) in [7, 11) is 0. The van der Waals surface area contributed by atoms with Crippen LogP contribution in [0.25, 0.3) is 0 Å². The number of aliphatic carboxylic acids is 1. The number of carbonyl (C=O) groups excluding carboxylic acids is 1. The normalized spacial score (nSPS) is 10.9. The predicted octanol–water partition coefficient (Wildman–Crippen LogP) is 0.650. The van der Waals surface area contributed by atoms with Gasteiger partial charge in [-0.1, -0.05) is 13.8 Å². The molecule has 0 radical (unpaired) electrons. The van der Waals surface area contributed by atoms with Crippen LogP contribution in [0.15, 0.2) is 0 Å². The van der Waals surface area contributed by atoms with Crippen molar-refractivity contribution in [3.05, 3.63) is 0 Å². The molecule has 0 saturated heterocycles. The monoisotopic (exact) mass is 230 g/mol. The number of likely N-dealkylation sites (N-methyl/N-ethyl adjacent to an activating group) is 1. The van der Waals surface area contributed by atoms with Crippen molar-refractivity contribution in [2.24, 2.45) is 0 Å². The Morgan fingerprint density at radius 3 is 1.94 bits per heavy atom. The van der Waals surface area contributed by atoms with Gasteiger partial charge in [-0.05, 0) is 26.9 Å². The number of hydrogen-bond donors (Lipinski definition) is 1. The first-order chi connectivity index (χ1) is 7.42. The van der Waals surface area contributed by atoms with Crippen molar-refractivity contribution in [2.75, 3.05) is 26.2 Å². The standard InChI is InChI=1S/C11H22N2O3/c1-5-12(6-2)7-10(14)13(9(3)4)8-11(15)16/h9H,5-8H2,1-4H3,(H,15,16). The number of rotatable bonds is 7. The molecule has 0 aliphatic carbocycles. The van der Waals surface area contributed by atoms with E-state index in [0.717, 1.165) is 13.1 Å². The van der Waals surface area contributed by atoms with Gasteiger partial charge >= 0.3 is 5.97 Å². The van der Waals surface area contributed by atoms with Gasteiger partial charge in [-0.25, -0.2) is 0 Å². The third kappa shape index (κ3) is 5.11. The van der Waals surface area contributed by atoms with E-state index in [-0.39, 0.29) is 18.5 Å². The fourth-order valence-electron chi connectivity index (χ4n) is 1.43. The van der Waals surface area contributed by atoms with Crippen molar-refractivity contribution >= 4 is 11.9 Å². The molecule has 0 aliphatic heterocycles. The number of hydrogen-bond acceptors (Lipinski definition) is 3. The van der Waals surface area contributed by atoms with Crippen molar-refractivity contribution in [1.29, 1.82) is 0 Å². The molecule has 0 aromatic carbocycles. The summed E-state index contributed by atoms with van der Waals surface area (Å²) in [6.07, 6.45) is 0. The first kappa shape index (κ1) is 14.9. The Morgan fingerprint density at radius 1 is 1.12 bits per heavy atom. The minimum atomic E-state index is -0.971. The van der Waals surface area contributed by atoms with Crippen LogP contribution in [0.4, 0.5) is 0 Å². The Morgan fingerprint density at radius 2 is 1.62 bits per heavy atom. The van der Waals surface area contributed by atoms with Gasteiger partial charge in [0, 0.05) is 6.04 Å². The maximum Gasteiger partial charge on any atom is 0.323 e. The summed E-state index contributed by atoms with van der Waals surface area (Å²) >= 11 is 0. The summed E-state index contributed by atoms with van der Waals surface area (Å²) in [6, 6.07) is -0.0841. The van der Waals surface area contributed by atoms with Gasteiger partial charge < -0.3 is 10.0 Å². The summed E-state index contributed by atoms with van der Waals surface area (Å²) in [6.45, 7) is 9.26. The van der Waals surface area contributed by atoms with Crippen LogP contribution < -0.4 is 0 Å². The van der Waals surface area contributed by atoms with Gasteiger partial charge in [0.05, 0.1) is 6.54 Å². The Balaban J connectivity index is 4.43. The zero-order valence-electron chi connectivity index (χ0n) is 10.6. The van der Waals surface area contributed by atoms with Crippen LogP contribution in [0.2, 0.25) is 0 Å². The lowest BCUT2D eigenvalue weighted by Crippen LogP contribution is -2.46. The SMILES string of the molecule is CCN(CC)CC(=O)N(CC(=O)O)C(C)C. The zero-order chi connectivity index (χ0) is 12.7. The highest BCUT2D eigenvalue weighted by Crippen LogP contribution is 2.00. The largest absolute Gasteiger partial charge is 0.480 e. The number of carboxylic acid groups (broad SMARTS) is 1. The molecule has 5 heteroatoms. The van der Waals surface area contributed by atoms with E-state index in [1.807, 2.05) is 32.6 Å². The topological polar surface area (TPSA) is 60.9 Å². The molecule has 0 bridgehead atoms. The fraction of sp³-hybridized carbons (Fsp3) is 0.818. The summed E-state index contributed by atoms with van der Waals surface area (Å²) in [4.78, 5) is 25.9. The van der Waals surface area contributed by atoms with E-state index in [0.29, 0.717) is 6.54 Å². The Bertz CT molecular complexity index is 237. The van der Waals surface area contributed by atoms with Crippen molar-refractivity contribution in [3.63, 3.8) is 0 Å². The highest BCUT2D eigenvalue weighted by atomic mass is 16.4. The molecule has 0 atom stereocenters. The molecular formula is C11H22N2O3. The molecule has 0 heterocycles. The van der Waals surface area contributed by atoms with Crippen LogP contribution in [0, 0.1) is 0 Å². The lowest BCUT2D eigenvalue weighted by atomic mass is 10.3.